The second-order valence-corrected chi connectivity index (χ2v) is 11.8. The van der Waals surface area contributed by atoms with Crippen molar-refractivity contribution in [2.24, 2.45) is 4.99 Å². The molecule has 1 saturated heterocycles. The van der Waals surface area contributed by atoms with Crippen molar-refractivity contribution >= 4 is 40.4 Å². The van der Waals surface area contributed by atoms with E-state index in [0.29, 0.717) is 64.7 Å². The van der Waals surface area contributed by atoms with Crippen LogP contribution in [0.15, 0.2) is 47.5 Å². The van der Waals surface area contributed by atoms with Gasteiger partial charge in [0.1, 0.15) is 17.2 Å². The molecule has 0 saturated carbocycles. The van der Waals surface area contributed by atoms with Crippen molar-refractivity contribution in [2.75, 3.05) is 48.2 Å². The number of nitrogens with zero attached hydrogens (tertiary/aromatic N) is 2. The zero-order valence-electron chi connectivity index (χ0n) is 26.1. The molecule has 0 aromatic heterocycles. The minimum absolute atomic E-state index is 0.00429. The van der Waals surface area contributed by atoms with Gasteiger partial charge in [0.2, 0.25) is 5.75 Å². The van der Waals surface area contributed by atoms with Crippen molar-refractivity contribution in [3.05, 3.63) is 51.6 Å². The largest absolute Gasteiger partial charge is 0.493 e. The Hall–Kier alpha value is -3.87. The number of amides is 1. The quantitative estimate of drug-likeness (QED) is 0.118. The monoisotopic (exact) mass is 730 g/mol. The van der Waals surface area contributed by atoms with Gasteiger partial charge in [0.05, 0.1) is 62.5 Å². The molecule has 0 radical (unpaired) electrons. The standard InChI is InChI=1S/C34H39IN2O8/c1-39-29-19-25-27(36-21-22-10-9-13-37(22)34(25)38)20-30(29)44-15-8-6-5-7-14-43-23-11-12-26(35)28(16-23)45-24-17-31(40-2)33(42-4)32(18-24)41-3/h11-12,16-22H,5-10,13-15H2,1-4H3/t22-/m0/s1. The fraction of sp³-hybridized carbons (Fsp3) is 0.412. The van der Waals surface area contributed by atoms with Crippen LogP contribution in [0.4, 0.5) is 5.69 Å². The van der Waals surface area contributed by atoms with Crippen LogP contribution >= 0.6 is 22.6 Å². The van der Waals surface area contributed by atoms with Crippen molar-refractivity contribution in [1.82, 2.24) is 4.90 Å². The van der Waals surface area contributed by atoms with Crippen molar-refractivity contribution in [3.63, 3.8) is 0 Å². The average Bonchev–Trinajstić information content (AvgIpc) is 3.49. The molecule has 2 aliphatic heterocycles. The number of unbranched alkanes of at least 4 members (excludes halogenated alkanes) is 3. The van der Waals surface area contributed by atoms with Gasteiger partial charge in [-0.1, -0.05) is 0 Å². The van der Waals surface area contributed by atoms with E-state index in [9.17, 15) is 4.79 Å². The number of benzene rings is 3. The molecular formula is C34H39IN2O8. The summed E-state index contributed by atoms with van der Waals surface area (Å²) >= 11 is 2.23. The molecule has 0 unspecified atom stereocenters. The first-order valence-corrected chi connectivity index (χ1v) is 16.1. The predicted molar refractivity (Wildman–Crippen MR) is 180 cm³/mol. The number of carbonyl (C=O) groups excluding carboxylic acids is 1. The zero-order valence-corrected chi connectivity index (χ0v) is 28.3. The summed E-state index contributed by atoms with van der Waals surface area (Å²) < 4.78 is 41.0. The van der Waals surface area contributed by atoms with E-state index in [4.69, 9.17) is 33.2 Å². The Labute approximate surface area is 277 Å². The molecule has 11 heteroatoms. The van der Waals surface area contributed by atoms with Gasteiger partial charge in [-0.2, -0.15) is 0 Å². The highest BCUT2D eigenvalue weighted by molar-refractivity contribution is 14.1. The summed E-state index contributed by atoms with van der Waals surface area (Å²) in [6, 6.07) is 12.9. The van der Waals surface area contributed by atoms with Crippen molar-refractivity contribution in [2.45, 2.75) is 44.6 Å². The minimum Gasteiger partial charge on any atom is -0.493 e. The van der Waals surface area contributed by atoms with Crippen LogP contribution in [0.1, 0.15) is 48.9 Å². The lowest BCUT2D eigenvalue weighted by atomic mass is 10.1. The summed E-state index contributed by atoms with van der Waals surface area (Å²) in [7, 11) is 6.30. The summed E-state index contributed by atoms with van der Waals surface area (Å²) in [5.74, 6) is 4.67. The third-order valence-electron chi connectivity index (χ3n) is 7.79. The van der Waals surface area contributed by atoms with Gasteiger partial charge in [-0.15, -0.1) is 0 Å². The van der Waals surface area contributed by atoms with Crippen LogP contribution in [-0.2, 0) is 0 Å². The van der Waals surface area contributed by atoms with Crippen LogP contribution in [0.2, 0.25) is 0 Å². The fourth-order valence-corrected chi connectivity index (χ4v) is 5.89. The Morgan fingerprint density at radius 1 is 0.778 bits per heavy atom. The molecule has 3 aromatic carbocycles. The number of methoxy groups -OCH3 is 4. The van der Waals surface area contributed by atoms with Gasteiger partial charge >= 0.3 is 0 Å². The van der Waals surface area contributed by atoms with Gasteiger partial charge in [-0.3, -0.25) is 9.79 Å². The summed E-state index contributed by atoms with van der Waals surface area (Å²) in [5.41, 5.74) is 1.20. The molecule has 1 fully saturated rings. The van der Waals surface area contributed by atoms with Crippen LogP contribution < -0.4 is 33.2 Å². The minimum atomic E-state index is 0.00429. The Kier molecular flexibility index (Phi) is 11.1. The van der Waals surface area contributed by atoms with Crippen LogP contribution in [0.3, 0.4) is 0 Å². The van der Waals surface area contributed by atoms with Gasteiger partial charge in [-0.05, 0) is 79.3 Å². The number of halogens is 1. The average molecular weight is 731 g/mol. The zero-order chi connectivity index (χ0) is 31.8. The summed E-state index contributed by atoms with van der Waals surface area (Å²) in [6.07, 6.45) is 7.62. The lowest BCUT2D eigenvalue weighted by Gasteiger charge is -2.20. The first-order chi connectivity index (χ1) is 21.9. The second-order valence-electron chi connectivity index (χ2n) is 10.7. The van der Waals surface area contributed by atoms with E-state index in [2.05, 4.69) is 27.6 Å². The van der Waals surface area contributed by atoms with Gasteiger partial charge in [-0.25, -0.2) is 0 Å². The van der Waals surface area contributed by atoms with Crippen molar-refractivity contribution < 1.29 is 38.0 Å². The number of hydrogen-bond acceptors (Lipinski definition) is 9. The van der Waals surface area contributed by atoms with Gasteiger partial charge < -0.3 is 38.1 Å². The number of rotatable bonds is 15. The highest BCUT2D eigenvalue weighted by atomic mass is 127. The molecular weight excluding hydrogens is 691 g/mol. The molecule has 2 heterocycles. The third kappa shape index (κ3) is 7.69. The SMILES string of the molecule is COc1cc2c(cc1OCCCCCCOc1ccc(I)c(Oc3cc(OC)c(OC)c(OC)c3)c1)N=C[C@@H]1CCCN1C2=O. The predicted octanol–water partition coefficient (Wildman–Crippen LogP) is 7.46. The number of ether oxygens (including phenoxy) is 7. The summed E-state index contributed by atoms with van der Waals surface area (Å²) in [5, 5.41) is 0. The van der Waals surface area contributed by atoms with E-state index >= 15 is 0 Å². The van der Waals surface area contributed by atoms with Crippen molar-refractivity contribution in [1.29, 1.82) is 0 Å². The number of hydrogen-bond donors (Lipinski definition) is 0. The summed E-state index contributed by atoms with van der Waals surface area (Å²) in [4.78, 5) is 19.6. The highest BCUT2D eigenvalue weighted by Crippen LogP contribution is 2.43. The molecule has 1 atom stereocenters. The van der Waals surface area contributed by atoms with Crippen LogP contribution in [0.5, 0.6) is 46.0 Å². The number of carbonyl (C=O) groups is 1. The van der Waals surface area contributed by atoms with Crippen LogP contribution in [0, 0.1) is 3.57 Å². The molecule has 5 rings (SSSR count). The normalized spacial score (nSPS) is 15.2. The van der Waals surface area contributed by atoms with E-state index in [1.54, 1.807) is 46.6 Å². The Bertz CT molecular complexity index is 1500. The lowest BCUT2D eigenvalue weighted by Crippen LogP contribution is -2.35. The molecule has 1 amide bonds. The van der Waals surface area contributed by atoms with E-state index in [-0.39, 0.29) is 11.9 Å². The number of fused-ring (bicyclic) bond motifs is 2. The van der Waals surface area contributed by atoms with Crippen molar-refractivity contribution in [3.8, 4) is 46.0 Å². The maximum absolute atomic E-state index is 13.1. The highest BCUT2D eigenvalue weighted by Gasteiger charge is 2.32. The Morgan fingerprint density at radius 3 is 2.16 bits per heavy atom. The molecule has 0 N–H and O–H groups in total. The van der Waals surface area contributed by atoms with Gasteiger partial charge in [0.25, 0.3) is 5.91 Å². The molecule has 45 heavy (non-hydrogen) atoms. The smallest absolute Gasteiger partial charge is 0.256 e. The molecule has 0 bridgehead atoms. The Balaban J connectivity index is 1.07. The molecule has 0 aliphatic carbocycles. The second kappa shape index (κ2) is 15.4. The fourth-order valence-electron chi connectivity index (χ4n) is 5.44. The molecule has 3 aromatic rings. The van der Waals surface area contributed by atoms with Crippen LogP contribution in [0.25, 0.3) is 0 Å². The molecule has 0 spiro atoms. The van der Waals surface area contributed by atoms with E-state index in [0.717, 1.165) is 54.4 Å². The van der Waals surface area contributed by atoms with E-state index < -0.39 is 0 Å². The third-order valence-corrected chi connectivity index (χ3v) is 8.68. The van der Waals surface area contributed by atoms with Crippen LogP contribution in [-0.4, -0.2) is 71.3 Å². The molecule has 10 nitrogen and oxygen atoms in total. The first kappa shape index (κ1) is 32.5. The number of aliphatic imine (C=N–C) groups is 1. The Morgan fingerprint density at radius 2 is 1.47 bits per heavy atom. The molecule has 240 valence electrons. The van der Waals surface area contributed by atoms with E-state index in [1.165, 1.54) is 0 Å². The first-order valence-electron chi connectivity index (χ1n) is 15.1. The maximum Gasteiger partial charge on any atom is 0.256 e. The maximum atomic E-state index is 13.1. The summed E-state index contributed by atoms with van der Waals surface area (Å²) in [6.45, 7) is 1.90. The van der Waals surface area contributed by atoms with E-state index in [1.807, 2.05) is 35.4 Å². The molecule has 2 aliphatic rings. The van der Waals surface area contributed by atoms with Gasteiger partial charge in [0.15, 0.2) is 23.0 Å². The lowest BCUT2D eigenvalue weighted by molar-refractivity contribution is 0.0774. The topological polar surface area (TPSA) is 97.3 Å². The van der Waals surface area contributed by atoms with Gasteiger partial charge in [0, 0.05) is 37.0 Å².